The van der Waals surface area contributed by atoms with Crippen molar-refractivity contribution in [1.82, 2.24) is 0 Å². The molecule has 0 rings (SSSR count). The molecule has 0 heterocycles. The number of hydrogen-bond donors (Lipinski definition) is 2. The van der Waals surface area contributed by atoms with Crippen molar-refractivity contribution in [3.05, 3.63) is 0 Å². The second-order valence-electron chi connectivity index (χ2n) is 3.95. The van der Waals surface area contributed by atoms with E-state index in [2.05, 4.69) is 0 Å². The molecule has 0 aromatic heterocycles. The molecule has 78 valence electrons. The zero-order valence-electron chi connectivity index (χ0n) is 8.63. The minimum absolute atomic E-state index is 0.308. The molecule has 0 bridgehead atoms. The number of aliphatic carboxylic acids is 1. The van der Waals surface area contributed by atoms with E-state index in [-0.39, 0.29) is 0 Å². The first-order chi connectivity index (χ1) is 5.75. The number of methoxy groups -OCH3 is 1. The van der Waals surface area contributed by atoms with Gasteiger partial charge in [-0.3, -0.25) is 4.79 Å². The average molecular weight is 190 g/mol. The second-order valence-corrected chi connectivity index (χ2v) is 3.95. The van der Waals surface area contributed by atoms with Gasteiger partial charge in [0.15, 0.2) is 0 Å². The molecule has 2 N–H and O–H groups in total. The molecule has 0 fully saturated rings. The molecule has 4 nitrogen and oxygen atoms in total. The van der Waals surface area contributed by atoms with Crippen LogP contribution in [0.15, 0.2) is 0 Å². The van der Waals surface area contributed by atoms with E-state index < -0.39 is 17.0 Å². The minimum Gasteiger partial charge on any atom is -0.481 e. The SMILES string of the molecule is COCCC(C)(O)C(C)(C)C(=O)O. The molecular formula is C9H18O4. The van der Waals surface area contributed by atoms with Gasteiger partial charge in [0.05, 0.1) is 11.0 Å². The summed E-state index contributed by atoms with van der Waals surface area (Å²) in [5.74, 6) is -1.01. The Morgan fingerprint density at radius 3 is 2.15 bits per heavy atom. The Morgan fingerprint density at radius 2 is 1.85 bits per heavy atom. The van der Waals surface area contributed by atoms with Gasteiger partial charge in [-0.1, -0.05) is 0 Å². The third-order valence-electron chi connectivity index (χ3n) is 2.67. The largest absolute Gasteiger partial charge is 0.481 e. The number of ether oxygens (including phenoxy) is 1. The van der Waals surface area contributed by atoms with Gasteiger partial charge >= 0.3 is 5.97 Å². The van der Waals surface area contributed by atoms with Crippen molar-refractivity contribution in [1.29, 1.82) is 0 Å². The second kappa shape index (κ2) is 4.07. The molecule has 0 radical (unpaired) electrons. The third-order valence-corrected chi connectivity index (χ3v) is 2.67. The van der Waals surface area contributed by atoms with Gasteiger partial charge in [-0.25, -0.2) is 0 Å². The van der Waals surface area contributed by atoms with E-state index in [9.17, 15) is 9.90 Å². The summed E-state index contributed by atoms with van der Waals surface area (Å²) < 4.78 is 4.80. The van der Waals surface area contributed by atoms with Crippen molar-refractivity contribution < 1.29 is 19.7 Å². The van der Waals surface area contributed by atoms with E-state index in [1.807, 2.05) is 0 Å². The molecule has 0 amide bonds. The Bertz CT molecular complexity index is 184. The number of rotatable bonds is 5. The molecule has 13 heavy (non-hydrogen) atoms. The summed E-state index contributed by atoms with van der Waals surface area (Å²) in [5, 5.41) is 18.8. The monoisotopic (exact) mass is 190 g/mol. The molecule has 0 saturated carbocycles. The average Bonchev–Trinajstić information content (AvgIpc) is 2.00. The Morgan fingerprint density at radius 1 is 1.38 bits per heavy atom. The van der Waals surface area contributed by atoms with Gasteiger partial charge in [0.25, 0.3) is 0 Å². The van der Waals surface area contributed by atoms with Gasteiger partial charge in [0.1, 0.15) is 0 Å². The summed E-state index contributed by atoms with van der Waals surface area (Å²) in [6, 6.07) is 0. The summed E-state index contributed by atoms with van der Waals surface area (Å²) in [5.41, 5.74) is -2.42. The van der Waals surface area contributed by atoms with Crippen LogP contribution < -0.4 is 0 Å². The lowest BCUT2D eigenvalue weighted by Gasteiger charge is -2.36. The number of hydrogen-bond acceptors (Lipinski definition) is 3. The van der Waals surface area contributed by atoms with E-state index in [4.69, 9.17) is 9.84 Å². The molecule has 0 aromatic carbocycles. The van der Waals surface area contributed by atoms with Crippen molar-refractivity contribution in [3.63, 3.8) is 0 Å². The highest BCUT2D eigenvalue weighted by Gasteiger charge is 2.45. The van der Waals surface area contributed by atoms with Crippen LogP contribution in [0.1, 0.15) is 27.2 Å². The molecule has 0 aliphatic carbocycles. The van der Waals surface area contributed by atoms with Crippen LogP contribution in [0.2, 0.25) is 0 Å². The highest BCUT2D eigenvalue weighted by atomic mass is 16.5. The van der Waals surface area contributed by atoms with Crippen molar-refractivity contribution in [2.45, 2.75) is 32.8 Å². The molecular weight excluding hydrogens is 172 g/mol. The predicted octanol–water partition coefficient (Wildman–Crippen LogP) is 0.885. The van der Waals surface area contributed by atoms with Crippen LogP contribution >= 0.6 is 0 Å². The molecule has 0 aliphatic heterocycles. The minimum atomic E-state index is -1.26. The first-order valence-corrected chi connectivity index (χ1v) is 4.20. The fourth-order valence-corrected chi connectivity index (χ4v) is 0.844. The van der Waals surface area contributed by atoms with Crippen molar-refractivity contribution in [2.75, 3.05) is 13.7 Å². The summed E-state index contributed by atoms with van der Waals surface area (Å²) in [4.78, 5) is 10.8. The fraction of sp³-hybridized carbons (Fsp3) is 0.889. The van der Waals surface area contributed by atoms with Crippen LogP contribution in [0, 0.1) is 5.41 Å². The Labute approximate surface area is 78.5 Å². The molecule has 0 spiro atoms. The molecule has 1 atom stereocenters. The summed E-state index contributed by atoms with van der Waals surface area (Å²) in [6.45, 7) is 4.87. The van der Waals surface area contributed by atoms with Gasteiger partial charge in [-0.2, -0.15) is 0 Å². The molecule has 4 heteroatoms. The van der Waals surface area contributed by atoms with Crippen molar-refractivity contribution in [2.24, 2.45) is 5.41 Å². The molecule has 1 unspecified atom stereocenters. The lowest BCUT2D eigenvalue weighted by Crippen LogP contribution is -2.47. The smallest absolute Gasteiger partial charge is 0.311 e. The maximum absolute atomic E-state index is 10.8. The van der Waals surface area contributed by atoms with Crippen LogP contribution in [-0.4, -0.2) is 35.5 Å². The van der Waals surface area contributed by atoms with Gasteiger partial charge in [-0.15, -0.1) is 0 Å². The summed E-state index contributed by atoms with van der Waals surface area (Å²) in [7, 11) is 1.52. The lowest BCUT2D eigenvalue weighted by atomic mass is 9.74. The van der Waals surface area contributed by atoms with Crippen LogP contribution in [0.25, 0.3) is 0 Å². The number of carbonyl (C=O) groups is 1. The van der Waals surface area contributed by atoms with E-state index >= 15 is 0 Å². The highest BCUT2D eigenvalue weighted by Crippen LogP contribution is 2.33. The summed E-state index contributed by atoms with van der Waals surface area (Å²) in [6.07, 6.45) is 0.308. The molecule has 0 saturated heterocycles. The zero-order valence-corrected chi connectivity index (χ0v) is 8.63. The van der Waals surface area contributed by atoms with Gasteiger partial charge in [0.2, 0.25) is 0 Å². The van der Waals surface area contributed by atoms with Crippen LogP contribution in [0.5, 0.6) is 0 Å². The quantitative estimate of drug-likeness (QED) is 0.675. The van der Waals surface area contributed by atoms with Crippen LogP contribution in [0.4, 0.5) is 0 Å². The first-order valence-electron chi connectivity index (χ1n) is 4.20. The normalized spacial score (nSPS) is 16.7. The van der Waals surface area contributed by atoms with E-state index in [1.165, 1.54) is 27.9 Å². The standard InChI is InChI=1S/C9H18O4/c1-8(2,7(10)11)9(3,12)5-6-13-4/h12H,5-6H2,1-4H3,(H,10,11). The maximum Gasteiger partial charge on any atom is 0.311 e. The van der Waals surface area contributed by atoms with Crippen molar-refractivity contribution >= 4 is 5.97 Å². The molecule has 0 aliphatic rings. The maximum atomic E-state index is 10.8. The van der Waals surface area contributed by atoms with Crippen LogP contribution in [0.3, 0.4) is 0 Å². The van der Waals surface area contributed by atoms with Gasteiger partial charge in [-0.05, 0) is 20.8 Å². The Kier molecular flexibility index (Phi) is 3.88. The summed E-state index contributed by atoms with van der Waals surface area (Å²) >= 11 is 0. The van der Waals surface area contributed by atoms with Crippen molar-refractivity contribution in [3.8, 4) is 0 Å². The van der Waals surface area contributed by atoms with Crippen LogP contribution in [-0.2, 0) is 9.53 Å². The predicted molar refractivity (Wildman–Crippen MR) is 48.5 cm³/mol. The Hall–Kier alpha value is -0.610. The third kappa shape index (κ3) is 2.67. The van der Waals surface area contributed by atoms with E-state index in [1.54, 1.807) is 0 Å². The highest BCUT2D eigenvalue weighted by molar-refractivity contribution is 5.75. The Balaban J connectivity index is 4.50. The lowest BCUT2D eigenvalue weighted by molar-refractivity contribution is -0.164. The van der Waals surface area contributed by atoms with E-state index in [0.717, 1.165) is 0 Å². The zero-order chi connectivity index (χ0) is 10.7. The van der Waals surface area contributed by atoms with Gasteiger partial charge < -0.3 is 14.9 Å². The fourth-order valence-electron chi connectivity index (χ4n) is 0.844. The number of aliphatic hydroxyl groups is 1. The number of carboxylic acids is 1. The van der Waals surface area contributed by atoms with Gasteiger partial charge in [0, 0.05) is 20.1 Å². The number of carboxylic acid groups (broad SMARTS) is 1. The topological polar surface area (TPSA) is 66.8 Å². The first kappa shape index (κ1) is 12.4. The van der Waals surface area contributed by atoms with E-state index in [0.29, 0.717) is 13.0 Å². The molecule has 0 aromatic rings.